The van der Waals surface area contributed by atoms with Crippen molar-refractivity contribution < 1.29 is 112 Å². The standard InChI is InChI=1S/C49H73N9O23/c1-28(59)30-5-3-29(4-6-30)25-36(45(73)53-18-20-79-22-24-81-27-38(61)52-17-19-78-21-23-80-26-37(60)51-2)58-49(77)35(11-16-43(70)71)57-48(76)34(10-15-42(68)69)56-47(75)33(9-14-41(66)67)55-46(74)32(8-13-40(64)65)54-44(72)31(50)7-12-39(62)63/h3-6,31-36H,7-27,50H2,1-2H3,(H,51,60)(H,52,61)(H,53,73)(H,54,72)(H,55,74)(H,56,75)(H,57,76)(H,58,77)(H,62,63)(H,64,65)(H,66,67)(H,68,69)(H,70,71)/t31-,32-,33-,34-,35-,36+/m1/s1. The summed E-state index contributed by atoms with van der Waals surface area (Å²) in [5.41, 5.74) is 6.48. The number of nitrogens with two attached hydrogens (primary N) is 1. The van der Waals surface area contributed by atoms with Crippen molar-refractivity contribution in [3.63, 3.8) is 0 Å². The van der Waals surface area contributed by atoms with Crippen LogP contribution in [0.2, 0.25) is 0 Å². The Kier molecular flexibility index (Phi) is 35.0. The first kappa shape index (κ1) is 70.8. The van der Waals surface area contributed by atoms with Gasteiger partial charge in [0.1, 0.15) is 43.4 Å². The second-order valence-corrected chi connectivity index (χ2v) is 17.7. The zero-order chi connectivity index (χ0) is 60.9. The lowest BCUT2D eigenvalue weighted by atomic mass is 10.0. The maximum atomic E-state index is 14.0. The second kappa shape index (κ2) is 40.0. The number of aliphatic carboxylic acids is 5. The molecule has 0 fully saturated rings. The maximum Gasteiger partial charge on any atom is 0.303 e. The van der Waals surface area contributed by atoms with Crippen molar-refractivity contribution in [2.24, 2.45) is 5.73 Å². The highest BCUT2D eigenvalue weighted by Crippen LogP contribution is 2.11. The van der Waals surface area contributed by atoms with Crippen molar-refractivity contribution in [3.05, 3.63) is 35.4 Å². The number of rotatable bonds is 45. The van der Waals surface area contributed by atoms with E-state index in [0.717, 1.165) is 0 Å². The van der Waals surface area contributed by atoms with Crippen LogP contribution in [0.3, 0.4) is 0 Å². The summed E-state index contributed by atoms with van der Waals surface area (Å²) in [6.45, 7) is 1.42. The van der Waals surface area contributed by atoms with E-state index in [2.05, 4.69) is 42.5 Å². The minimum Gasteiger partial charge on any atom is -0.481 e. The van der Waals surface area contributed by atoms with Gasteiger partial charge in [-0.1, -0.05) is 24.3 Å². The second-order valence-electron chi connectivity index (χ2n) is 17.7. The molecule has 6 atom stereocenters. The Morgan fingerprint density at radius 1 is 0.432 bits per heavy atom. The van der Waals surface area contributed by atoms with Crippen molar-refractivity contribution in [1.82, 2.24) is 42.5 Å². The van der Waals surface area contributed by atoms with Crippen molar-refractivity contribution in [1.29, 1.82) is 0 Å². The highest BCUT2D eigenvalue weighted by molar-refractivity contribution is 5.97. The molecular formula is C49H73N9O23. The number of nitrogens with one attached hydrogen (secondary N) is 8. The first-order chi connectivity index (χ1) is 38.3. The number of carbonyl (C=O) groups excluding carboxylic acids is 9. The minimum atomic E-state index is -1.90. The molecule has 1 rings (SSSR count). The largest absolute Gasteiger partial charge is 0.481 e. The average Bonchev–Trinajstić information content (AvgIpc) is 3.41. The fourth-order valence-corrected chi connectivity index (χ4v) is 6.77. The first-order valence-electron chi connectivity index (χ1n) is 25.4. The van der Waals surface area contributed by atoms with Gasteiger partial charge < -0.3 is 92.7 Å². The number of ketones is 1. The first-order valence-corrected chi connectivity index (χ1v) is 25.4. The lowest BCUT2D eigenvalue weighted by Crippen LogP contribution is -2.59. The number of carbonyl (C=O) groups is 14. The van der Waals surface area contributed by atoms with Gasteiger partial charge in [0.15, 0.2) is 5.78 Å². The lowest BCUT2D eigenvalue weighted by molar-refractivity contribution is -0.140. The van der Waals surface area contributed by atoms with Crippen LogP contribution in [-0.4, -0.2) is 218 Å². The van der Waals surface area contributed by atoms with E-state index in [1.54, 1.807) is 0 Å². The summed E-state index contributed by atoms with van der Waals surface area (Å²) in [5, 5.41) is 65.6. The molecule has 1 aromatic carbocycles. The van der Waals surface area contributed by atoms with Crippen LogP contribution in [0.5, 0.6) is 0 Å². The van der Waals surface area contributed by atoms with Crippen LogP contribution in [0.25, 0.3) is 0 Å². The van der Waals surface area contributed by atoms with Gasteiger partial charge in [-0.25, -0.2) is 0 Å². The monoisotopic (exact) mass is 1160 g/mol. The zero-order valence-electron chi connectivity index (χ0n) is 44.8. The Hall–Kier alpha value is -8.20. The summed E-state index contributed by atoms with van der Waals surface area (Å²) in [5.74, 6) is -15.0. The van der Waals surface area contributed by atoms with Gasteiger partial charge in [-0.05, 0) is 44.6 Å². The summed E-state index contributed by atoms with van der Waals surface area (Å²) < 4.78 is 21.2. The smallest absolute Gasteiger partial charge is 0.303 e. The highest BCUT2D eigenvalue weighted by Gasteiger charge is 2.34. The molecule has 15 N–H and O–H groups in total. The Morgan fingerprint density at radius 3 is 1.16 bits per heavy atom. The van der Waals surface area contributed by atoms with E-state index in [1.165, 1.54) is 38.2 Å². The third kappa shape index (κ3) is 33.1. The Bertz CT molecular complexity index is 2300. The predicted octanol–water partition coefficient (Wildman–Crippen LogP) is -4.45. The predicted molar refractivity (Wildman–Crippen MR) is 275 cm³/mol. The number of benzene rings is 1. The van der Waals surface area contributed by atoms with Crippen LogP contribution in [0, 0.1) is 0 Å². The summed E-state index contributed by atoms with van der Waals surface area (Å²) in [7, 11) is 1.48. The van der Waals surface area contributed by atoms with Crippen molar-refractivity contribution >= 4 is 82.9 Å². The van der Waals surface area contributed by atoms with Crippen LogP contribution in [0.1, 0.15) is 87.1 Å². The topological polar surface area (TPSA) is 499 Å². The van der Waals surface area contributed by atoms with Crippen LogP contribution < -0.4 is 48.3 Å². The average molecular weight is 1160 g/mol. The molecule has 0 unspecified atom stereocenters. The molecule has 32 nitrogen and oxygen atoms in total. The lowest BCUT2D eigenvalue weighted by Gasteiger charge is -2.27. The SMILES string of the molecule is CNC(=O)COCCOCCNC(=O)COCCOCCNC(=O)[C@H](Cc1ccc(C(C)=O)cc1)NC(=O)[C@@H](CCC(=O)O)NC(=O)[C@@H](CCC(=O)O)NC(=O)[C@@H](CCC(=O)O)NC(=O)[C@@H](CCC(=O)O)NC(=O)[C@H](N)CCC(=O)O. The molecule has 0 saturated heterocycles. The number of amides is 8. The molecule has 0 aliphatic heterocycles. The van der Waals surface area contributed by atoms with E-state index in [0.29, 0.717) is 11.1 Å². The molecule has 0 radical (unpaired) electrons. The molecule has 0 heterocycles. The Labute approximate surface area is 464 Å². The van der Waals surface area contributed by atoms with Gasteiger partial charge in [0.2, 0.25) is 47.3 Å². The van der Waals surface area contributed by atoms with E-state index in [-0.39, 0.29) is 84.1 Å². The summed E-state index contributed by atoms with van der Waals surface area (Å²) in [6, 6.07) is -4.33. The molecule has 81 heavy (non-hydrogen) atoms. The van der Waals surface area contributed by atoms with Crippen molar-refractivity contribution in [2.45, 2.75) is 114 Å². The number of likely N-dealkylation sites (N-methyl/N-ethyl adjacent to an activating group) is 1. The summed E-state index contributed by atoms with van der Waals surface area (Å²) >= 11 is 0. The molecule has 8 amide bonds. The van der Waals surface area contributed by atoms with Gasteiger partial charge in [-0.2, -0.15) is 0 Å². The molecule has 0 aliphatic carbocycles. The number of ether oxygens (including phenoxy) is 4. The third-order valence-corrected chi connectivity index (χ3v) is 11.2. The molecular weight excluding hydrogens is 1080 g/mol. The van der Waals surface area contributed by atoms with Gasteiger partial charge in [-0.15, -0.1) is 0 Å². The molecule has 0 aliphatic rings. The summed E-state index contributed by atoms with van der Waals surface area (Å²) in [4.78, 5) is 174. The molecule has 32 heteroatoms. The zero-order valence-corrected chi connectivity index (χ0v) is 44.8. The van der Waals surface area contributed by atoms with Crippen LogP contribution in [0.15, 0.2) is 24.3 Å². The fraction of sp³-hybridized carbons (Fsp3) is 0.592. The third-order valence-electron chi connectivity index (χ3n) is 11.2. The number of Topliss-reactive ketones (excluding diaryl/α,β-unsaturated/α-hetero) is 1. The van der Waals surface area contributed by atoms with Crippen LogP contribution in [-0.2, 0) is 87.7 Å². The summed E-state index contributed by atoms with van der Waals surface area (Å²) in [6.07, 6.45) is -6.98. The molecule has 0 spiro atoms. The molecule has 0 bridgehead atoms. The minimum absolute atomic E-state index is 0.00934. The van der Waals surface area contributed by atoms with E-state index in [1.807, 2.05) is 0 Å². The molecule has 0 aromatic heterocycles. The molecule has 1 aromatic rings. The fourth-order valence-electron chi connectivity index (χ4n) is 6.77. The normalized spacial score (nSPS) is 13.0. The molecule has 452 valence electrons. The van der Waals surface area contributed by atoms with E-state index >= 15 is 0 Å². The molecule has 0 saturated carbocycles. The van der Waals surface area contributed by atoms with E-state index < -0.39 is 172 Å². The van der Waals surface area contributed by atoms with E-state index in [4.69, 9.17) is 29.8 Å². The van der Waals surface area contributed by atoms with Gasteiger partial charge in [0.25, 0.3) is 0 Å². The van der Waals surface area contributed by atoms with Crippen molar-refractivity contribution in [2.75, 3.05) is 73.0 Å². The Morgan fingerprint density at radius 2 is 0.778 bits per heavy atom. The highest BCUT2D eigenvalue weighted by atomic mass is 16.5. The van der Waals surface area contributed by atoms with Crippen LogP contribution in [0.4, 0.5) is 0 Å². The number of carboxylic acid groups (broad SMARTS) is 5. The van der Waals surface area contributed by atoms with Gasteiger partial charge >= 0.3 is 29.8 Å². The van der Waals surface area contributed by atoms with Gasteiger partial charge in [0, 0.05) is 64.2 Å². The maximum absolute atomic E-state index is 14.0. The van der Waals surface area contributed by atoms with E-state index in [9.17, 15) is 87.5 Å². The van der Waals surface area contributed by atoms with Gasteiger partial charge in [-0.3, -0.25) is 67.1 Å². The van der Waals surface area contributed by atoms with Gasteiger partial charge in [0.05, 0.1) is 45.7 Å². The number of carboxylic acids is 5. The quantitative estimate of drug-likeness (QED) is 0.0216. The Balaban J connectivity index is 3.23. The van der Waals surface area contributed by atoms with Crippen molar-refractivity contribution in [3.8, 4) is 0 Å². The number of hydrogen-bond acceptors (Lipinski definition) is 19. The van der Waals surface area contributed by atoms with Crippen LogP contribution >= 0.6 is 0 Å². The number of hydrogen-bond donors (Lipinski definition) is 14.